The number of hydrogen-bond acceptors (Lipinski definition) is 6. The van der Waals surface area contributed by atoms with Crippen molar-refractivity contribution >= 4 is 21.5 Å². The molecule has 23 heavy (non-hydrogen) atoms. The summed E-state index contributed by atoms with van der Waals surface area (Å²) >= 11 is 1.62. The molecule has 0 amide bonds. The first kappa shape index (κ1) is 18.3. The van der Waals surface area contributed by atoms with E-state index in [0.29, 0.717) is 19.8 Å². The molecule has 1 saturated heterocycles. The Balaban J connectivity index is 2.02. The van der Waals surface area contributed by atoms with E-state index >= 15 is 0 Å². The normalized spacial score (nSPS) is 18.0. The highest BCUT2D eigenvalue weighted by atomic mass is 32.2. The van der Waals surface area contributed by atoms with Crippen molar-refractivity contribution in [1.29, 1.82) is 5.26 Å². The van der Waals surface area contributed by atoms with Crippen molar-refractivity contribution in [3.05, 3.63) is 22.4 Å². The monoisotopic (exact) mass is 358 g/mol. The van der Waals surface area contributed by atoms with Crippen molar-refractivity contribution in [3.63, 3.8) is 0 Å². The Bertz CT molecular complexity index is 606. The zero-order valence-electron chi connectivity index (χ0n) is 13.1. The van der Waals surface area contributed by atoms with Crippen LogP contribution in [0.15, 0.2) is 17.5 Å². The second-order valence-corrected chi connectivity index (χ2v) is 8.10. The van der Waals surface area contributed by atoms with Gasteiger partial charge in [0.05, 0.1) is 25.3 Å². The van der Waals surface area contributed by atoms with Gasteiger partial charge in [0.1, 0.15) is 0 Å². The number of nitriles is 1. The van der Waals surface area contributed by atoms with Gasteiger partial charge in [-0.15, -0.1) is 11.3 Å². The maximum atomic E-state index is 12.3. The van der Waals surface area contributed by atoms with E-state index in [9.17, 15) is 8.42 Å². The summed E-state index contributed by atoms with van der Waals surface area (Å²) in [6, 6.07) is 5.95. The summed E-state index contributed by atoms with van der Waals surface area (Å²) in [6.45, 7) is 3.39. The quantitative estimate of drug-likeness (QED) is 0.743. The van der Waals surface area contributed by atoms with Gasteiger partial charge in [0.2, 0.25) is 0 Å². The minimum atomic E-state index is -3.58. The van der Waals surface area contributed by atoms with Crippen LogP contribution in [-0.2, 0) is 14.9 Å². The van der Waals surface area contributed by atoms with E-state index in [4.69, 9.17) is 10.00 Å². The number of morpholine rings is 1. The molecule has 1 unspecified atom stereocenters. The topological polar surface area (TPSA) is 85.7 Å². The molecule has 0 aliphatic carbocycles. The van der Waals surface area contributed by atoms with Gasteiger partial charge in [-0.3, -0.25) is 4.90 Å². The molecule has 0 spiro atoms. The Morgan fingerprint density at radius 3 is 2.87 bits per heavy atom. The summed E-state index contributed by atoms with van der Waals surface area (Å²) in [4.78, 5) is 3.38. The maximum absolute atomic E-state index is 12.3. The number of thiophene rings is 1. The molecule has 1 aliphatic heterocycles. The Morgan fingerprint density at radius 1 is 1.52 bits per heavy atom. The first-order chi connectivity index (χ1) is 11.0. The van der Waals surface area contributed by atoms with Crippen LogP contribution < -0.4 is 4.72 Å². The molecule has 128 valence electrons. The van der Waals surface area contributed by atoms with E-state index in [1.54, 1.807) is 11.3 Å². The molecule has 1 N–H and O–H groups in total. The van der Waals surface area contributed by atoms with Crippen molar-refractivity contribution in [3.8, 4) is 6.07 Å². The lowest BCUT2D eigenvalue weighted by Crippen LogP contribution is -2.46. The van der Waals surface area contributed by atoms with E-state index in [1.807, 2.05) is 23.6 Å². The van der Waals surface area contributed by atoms with E-state index in [2.05, 4.69) is 9.62 Å². The van der Waals surface area contributed by atoms with Crippen molar-refractivity contribution in [2.75, 3.05) is 46.4 Å². The predicted molar refractivity (Wildman–Crippen MR) is 89.2 cm³/mol. The third-order valence-corrected chi connectivity index (χ3v) is 6.27. The first-order valence-corrected chi connectivity index (χ1v) is 9.79. The van der Waals surface area contributed by atoms with Crippen LogP contribution in [0, 0.1) is 11.3 Å². The highest BCUT2D eigenvalue weighted by Crippen LogP contribution is 2.25. The minimum absolute atomic E-state index is 0.00181. The Labute approximate surface area is 141 Å². The van der Waals surface area contributed by atoms with Gasteiger partial charge >= 0.3 is 0 Å². The number of nitrogens with zero attached hydrogens (tertiary/aromatic N) is 3. The van der Waals surface area contributed by atoms with Crippen molar-refractivity contribution in [2.24, 2.45) is 0 Å². The van der Waals surface area contributed by atoms with Crippen LogP contribution in [0.1, 0.15) is 17.3 Å². The fraction of sp³-hybridized carbons (Fsp3) is 0.643. The molecule has 1 aromatic heterocycles. The molecule has 0 saturated carbocycles. The summed E-state index contributed by atoms with van der Waals surface area (Å²) in [5.74, 6) is 0. The molecule has 1 atom stereocenters. The summed E-state index contributed by atoms with van der Waals surface area (Å²) in [7, 11) is -2.10. The average Bonchev–Trinajstić information content (AvgIpc) is 3.08. The van der Waals surface area contributed by atoms with Gasteiger partial charge in [-0.25, -0.2) is 4.72 Å². The van der Waals surface area contributed by atoms with Crippen LogP contribution in [0.3, 0.4) is 0 Å². The van der Waals surface area contributed by atoms with Crippen molar-refractivity contribution < 1.29 is 13.2 Å². The van der Waals surface area contributed by atoms with Crippen LogP contribution in [0.2, 0.25) is 0 Å². The molecule has 2 rings (SSSR count). The maximum Gasteiger partial charge on any atom is 0.279 e. The first-order valence-electron chi connectivity index (χ1n) is 7.47. The molecule has 9 heteroatoms. The third-order valence-electron chi connectivity index (χ3n) is 3.77. The van der Waals surface area contributed by atoms with Gasteiger partial charge in [0, 0.05) is 44.5 Å². The number of hydrogen-bond donors (Lipinski definition) is 1. The molecule has 0 bridgehead atoms. The van der Waals surface area contributed by atoms with Crippen LogP contribution in [-0.4, -0.2) is 64.1 Å². The van der Waals surface area contributed by atoms with Crippen LogP contribution >= 0.6 is 11.3 Å². The van der Waals surface area contributed by atoms with Crippen LogP contribution in [0.4, 0.5) is 0 Å². The van der Waals surface area contributed by atoms with Gasteiger partial charge in [-0.1, -0.05) is 6.07 Å². The molecular formula is C14H22N4O3S2. The van der Waals surface area contributed by atoms with Gasteiger partial charge < -0.3 is 4.74 Å². The predicted octanol–water partition coefficient (Wildman–Crippen LogP) is 0.801. The largest absolute Gasteiger partial charge is 0.379 e. The molecule has 1 aliphatic rings. The van der Waals surface area contributed by atoms with Gasteiger partial charge in [0.25, 0.3) is 10.2 Å². The van der Waals surface area contributed by atoms with E-state index in [-0.39, 0.29) is 19.0 Å². The molecule has 1 aromatic rings. The molecule has 0 aromatic carbocycles. The second-order valence-electron chi connectivity index (χ2n) is 5.26. The highest BCUT2D eigenvalue weighted by molar-refractivity contribution is 7.87. The zero-order chi connectivity index (χ0) is 16.7. The fourth-order valence-electron chi connectivity index (χ4n) is 2.40. The Kier molecular flexibility index (Phi) is 6.95. The average molecular weight is 358 g/mol. The van der Waals surface area contributed by atoms with Gasteiger partial charge in [0.15, 0.2) is 0 Å². The van der Waals surface area contributed by atoms with E-state index in [1.165, 1.54) is 11.4 Å². The van der Waals surface area contributed by atoms with E-state index in [0.717, 1.165) is 18.0 Å². The van der Waals surface area contributed by atoms with Crippen LogP contribution in [0.25, 0.3) is 0 Å². The van der Waals surface area contributed by atoms with E-state index < -0.39 is 10.2 Å². The summed E-state index contributed by atoms with van der Waals surface area (Å²) in [5.41, 5.74) is 0. The summed E-state index contributed by atoms with van der Waals surface area (Å²) < 4.78 is 33.7. The zero-order valence-corrected chi connectivity index (χ0v) is 14.8. The lowest BCUT2D eigenvalue weighted by Gasteiger charge is -2.34. The smallest absolute Gasteiger partial charge is 0.279 e. The molecular weight excluding hydrogens is 336 g/mol. The highest BCUT2D eigenvalue weighted by Gasteiger charge is 2.26. The molecule has 1 fully saturated rings. The molecule has 2 heterocycles. The SMILES string of the molecule is CN(CCC#N)S(=O)(=O)NCC(c1cccs1)N1CCOCC1. The number of rotatable bonds is 8. The van der Waals surface area contributed by atoms with Gasteiger partial charge in [-0.05, 0) is 11.4 Å². The molecule has 7 nitrogen and oxygen atoms in total. The summed E-state index contributed by atoms with van der Waals surface area (Å²) in [6.07, 6.45) is 0.176. The summed E-state index contributed by atoms with van der Waals surface area (Å²) in [5, 5.41) is 10.6. The number of ether oxygens (including phenoxy) is 1. The standard InChI is InChI=1S/C14H22N4O3S2/c1-17(6-3-5-15)23(19,20)16-12-13(14-4-2-11-22-14)18-7-9-21-10-8-18/h2,4,11,13,16H,3,6-10,12H2,1H3. The Hall–Kier alpha value is -1.02. The fourth-order valence-corrected chi connectivity index (χ4v) is 4.18. The minimum Gasteiger partial charge on any atom is -0.379 e. The van der Waals surface area contributed by atoms with Crippen molar-refractivity contribution in [1.82, 2.24) is 13.9 Å². The Morgan fingerprint density at radius 2 is 2.26 bits per heavy atom. The third kappa shape index (κ3) is 5.24. The second kappa shape index (κ2) is 8.73. The lowest BCUT2D eigenvalue weighted by molar-refractivity contribution is 0.0178. The van der Waals surface area contributed by atoms with Crippen LogP contribution in [0.5, 0.6) is 0 Å². The number of nitrogens with one attached hydrogen (secondary N) is 1. The van der Waals surface area contributed by atoms with Crippen molar-refractivity contribution in [2.45, 2.75) is 12.5 Å². The van der Waals surface area contributed by atoms with Gasteiger partial charge in [-0.2, -0.15) is 18.0 Å². The lowest BCUT2D eigenvalue weighted by atomic mass is 10.2. The molecule has 0 radical (unpaired) electrons.